The van der Waals surface area contributed by atoms with Gasteiger partial charge in [-0.3, -0.25) is 0 Å². The fourth-order valence-corrected chi connectivity index (χ4v) is 3.35. The zero-order valence-corrected chi connectivity index (χ0v) is 15.0. The summed E-state index contributed by atoms with van der Waals surface area (Å²) in [6.45, 7) is 1.52. The summed E-state index contributed by atoms with van der Waals surface area (Å²) in [5.41, 5.74) is 3.21. The van der Waals surface area contributed by atoms with Crippen molar-refractivity contribution in [2.24, 2.45) is 0 Å². The Kier molecular flexibility index (Phi) is 4.54. The van der Waals surface area contributed by atoms with Gasteiger partial charge in [-0.2, -0.15) is 0 Å². The Hall–Kier alpha value is -2.92. The number of anilines is 1. The Bertz CT molecular complexity index is 890. The molecule has 0 amide bonds. The second kappa shape index (κ2) is 7.14. The van der Waals surface area contributed by atoms with Crippen LogP contribution in [0.3, 0.4) is 0 Å². The molecule has 5 nitrogen and oxygen atoms in total. The van der Waals surface area contributed by atoms with E-state index in [0.29, 0.717) is 6.61 Å². The lowest BCUT2D eigenvalue weighted by atomic mass is 10.2. The van der Waals surface area contributed by atoms with Crippen molar-refractivity contribution in [3.05, 3.63) is 72.6 Å². The van der Waals surface area contributed by atoms with E-state index in [2.05, 4.69) is 33.9 Å². The molecular formula is C21H22N2O3. The maximum absolute atomic E-state index is 6.03. The number of ether oxygens (including phenoxy) is 3. The van der Waals surface area contributed by atoms with Crippen molar-refractivity contribution < 1.29 is 14.2 Å². The highest BCUT2D eigenvalue weighted by atomic mass is 16.5. The van der Waals surface area contributed by atoms with E-state index in [9.17, 15) is 0 Å². The minimum absolute atomic E-state index is 0.127. The molecule has 1 aliphatic rings. The first-order chi connectivity index (χ1) is 12.8. The largest absolute Gasteiger partial charge is 0.497 e. The minimum Gasteiger partial charge on any atom is -0.497 e. The molecule has 1 atom stereocenters. The molecule has 0 spiro atoms. The number of hydrogen-bond donors (Lipinski definition) is 0. The van der Waals surface area contributed by atoms with Crippen LogP contribution in [-0.2, 0) is 4.74 Å². The number of aromatic nitrogens is 1. The Morgan fingerprint density at radius 2 is 1.88 bits per heavy atom. The van der Waals surface area contributed by atoms with E-state index in [0.717, 1.165) is 35.0 Å². The molecule has 3 aromatic rings. The van der Waals surface area contributed by atoms with Crippen LogP contribution in [0.2, 0.25) is 0 Å². The molecular weight excluding hydrogens is 328 g/mol. The molecule has 4 rings (SSSR count). The van der Waals surface area contributed by atoms with Crippen LogP contribution in [0.4, 0.5) is 5.69 Å². The van der Waals surface area contributed by atoms with E-state index in [4.69, 9.17) is 14.2 Å². The average Bonchev–Trinajstić information content (AvgIpc) is 3.37. The summed E-state index contributed by atoms with van der Waals surface area (Å²) in [6.07, 6.45) is 4.03. The van der Waals surface area contributed by atoms with Crippen LogP contribution < -0.4 is 14.4 Å². The van der Waals surface area contributed by atoms with E-state index in [-0.39, 0.29) is 6.23 Å². The maximum atomic E-state index is 6.03. The van der Waals surface area contributed by atoms with E-state index in [1.165, 1.54) is 0 Å². The van der Waals surface area contributed by atoms with Gasteiger partial charge < -0.3 is 23.7 Å². The first kappa shape index (κ1) is 16.5. The highest BCUT2D eigenvalue weighted by Crippen LogP contribution is 2.37. The first-order valence-corrected chi connectivity index (χ1v) is 8.64. The van der Waals surface area contributed by atoms with Gasteiger partial charge in [0.25, 0.3) is 0 Å². The zero-order chi connectivity index (χ0) is 17.9. The molecule has 0 bridgehead atoms. The third kappa shape index (κ3) is 3.02. The van der Waals surface area contributed by atoms with Crippen molar-refractivity contribution in [3.8, 4) is 17.2 Å². The number of benzene rings is 2. The van der Waals surface area contributed by atoms with Crippen LogP contribution in [0.25, 0.3) is 5.69 Å². The summed E-state index contributed by atoms with van der Waals surface area (Å²) in [5.74, 6) is 1.70. The molecule has 1 fully saturated rings. The average molecular weight is 350 g/mol. The maximum Gasteiger partial charge on any atom is 0.158 e. The Morgan fingerprint density at radius 3 is 2.73 bits per heavy atom. The van der Waals surface area contributed by atoms with Crippen molar-refractivity contribution >= 4 is 5.69 Å². The SMILES string of the molecule is COc1cccc(-n2ccc([C@@H]3OCCN3c3ccccc3OC)c2)c1. The predicted octanol–water partition coefficient (Wildman–Crippen LogP) is 4.03. The van der Waals surface area contributed by atoms with Gasteiger partial charge in [0.1, 0.15) is 11.5 Å². The molecule has 0 unspecified atom stereocenters. The van der Waals surface area contributed by atoms with Crippen LogP contribution in [-0.4, -0.2) is 31.9 Å². The van der Waals surface area contributed by atoms with Gasteiger partial charge in [0.05, 0.1) is 26.5 Å². The van der Waals surface area contributed by atoms with Crippen molar-refractivity contribution in [1.29, 1.82) is 0 Å². The molecule has 0 N–H and O–H groups in total. The molecule has 1 aromatic heterocycles. The van der Waals surface area contributed by atoms with Gasteiger partial charge in [-0.25, -0.2) is 0 Å². The Balaban J connectivity index is 1.64. The van der Waals surface area contributed by atoms with Crippen LogP contribution in [0.15, 0.2) is 67.0 Å². The van der Waals surface area contributed by atoms with Gasteiger partial charge in [0, 0.05) is 36.3 Å². The lowest BCUT2D eigenvalue weighted by Crippen LogP contribution is -2.23. The molecule has 1 saturated heterocycles. The lowest BCUT2D eigenvalue weighted by molar-refractivity contribution is 0.113. The van der Waals surface area contributed by atoms with Gasteiger partial charge in [0.2, 0.25) is 0 Å². The fraction of sp³-hybridized carbons (Fsp3) is 0.238. The fourth-order valence-electron chi connectivity index (χ4n) is 3.35. The summed E-state index contributed by atoms with van der Waals surface area (Å²) in [4.78, 5) is 2.24. The third-order valence-corrected chi connectivity index (χ3v) is 4.64. The standard InChI is InChI=1S/C21H22N2O3/c1-24-18-7-5-6-17(14-18)22-11-10-16(15-22)21-23(12-13-26-21)19-8-3-4-9-20(19)25-2/h3-11,14-15,21H,12-13H2,1-2H3/t21-/m0/s1. The van der Waals surface area contributed by atoms with Gasteiger partial charge in [-0.15, -0.1) is 0 Å². The first-order valence-electron chi connectivity index (χ1n) is 8.64. The predicted molar refractivity (Wildman–Crippen MR) is 101 cm³/mol. The van der Waals surface area contributed by atoms with Crippen LogP contribution >= 0.6 is 0 Å². The second-order valence-electron chi connectivity index (χ2n) is 6.14. The summed E-state index contributed by atoms with van der Waals surface area (Å²) in [7, 11) is 3.38. The number of nitrogens with zero attached hydrogens (tertiary/aromatic N) is 2. The van der Waals surface area contributed by atoms with Crippen molar-refractivity contribution in [3.63, 3.8) is 0 Å². The number of methoxy groups -OCH3 is 2. The number of rotatable bonds is 5. The molecule has 0 saturated carbocycles. The molecule has 134 valence electrons. The third-order valence-electron chi connectivity index (χ3n) is 4.64. The van der Waals surface area contributed by atoms with E-state index < -0.39 is 0 Å². The van der Waals surface area contributed by atoms with Crippen molar-refractivity contribution in [2.75, 3.05) is 32.3 Å². The smallest absolute Gasteiger partial charge is 0.158 e. The number of hydrogen-bond acceptors (Lipinski definition) is 4. The summed E-state index contributed by atoms with van der Waals surface area (Å²) >= 11 is 0. The normalized spacial score (nSPS) is 16.7. The van der Waals surface area contributed by atoms with Gasteiger partial charge in [0.15, 0.2) is 6.23 Å². The number of para-hydroxylation sites is 2. The monoisotopic (exact) mass is 350 g/mol. The molecule has 26 heavy (non-hydrogen) atoms. The lowest BCUT2D eigenvalue weighted by Gasteiger charge is -2.26. The van der Waals surface area contributed by atoms with E-state index in [1.54, 1.807) is 14.2 Å². The summed E-state index contributed by atoms with van der Waals surface area (Å²) in [6, 6.07) is 18.1. The van der Waals surface area contributed by atoms with Gasteiger partial charge in [-0.05, 0) is 30.3 Å². The van der Waals surface area contributed by atoms with E-state index in [1.807, 2.05) is 42.6 Å². The molecule has 2 heterocycles. The Labute approximate surface area is 153 Å². The highest BCUT2D eigenvalue weighted by Gasteiger charge is 2.29. The van der Waals surface area contributed by atoms with Crippen LogP contribution in [0.5, 0.6) is 11.5 Å². The molecule has 0 aliphatic carbocycles. The minimum atomic E-state index is -0.127. The summed E-state index contributed by atoms with van der Waals surface area (Å²) < 4.78 is 19.0. The molecule has 2 aromatic carbocycles. The molecule has 5 heteroatoms. The van der Waals surface area contributed by atoms with Gasteiger partial charge >= 0.3 is 0 Å². The molecule has 0 radical (unpaired) electrons. The molecule has 1 aliphatic heterocycles. The van der Waals surface area contributed by atoms with Crippen molar-refractivity contribution in [1.82, 2.24) is 4.57 Å². The van der Waals surface area contributed by atoms with Crippen LogP contribution in [0, 0.1) is 0 Å². The zero-order valence-electron chi connectivity index (χ0n) is 15.0. The van der Waals surface area contributed by atoms with E-state index >= 15 is 0 Å². The second-order valence-corrected chi connectivity index (χ2v) is 6.14. The summed E-state index contributed by atoms with van der Waals surface area (Å²) in [5, 5.41) is 0. The Morgan fingerprint density at radius 1 is 1.00 bits per heavy atom. The van der Waals surface area contributed by atoms with Crippen LogP contribution in [0.1, 0.15) is 11.8 Å². The quantitative estimate of drug-likeness (QED) is 0.696. The topological polar surface area (TPSA) is 35.9 Å². The highest BCUT2D eigenvalue weighted by molar-refractivity contribution is 5.60. The van der Waals surface area contributed by atoms with Gasteiger partial charge in [-0.1, -0.05) is 18.2 Å². The van der Waals surface area contributed by atoms with Crippen molar-refractivity contribution in [2.45, 2.75) is 6.23 Å².